The molecule has 3 aromatic rings. The molecule has 1 amide bonds. The first-order valence-electron chi connectivity index (χ1n) is 9.83. The van der Waals surface area contributed by atoms with Crippen LogP contribution in [-0.4, -0.2) is 55.1 Å². The van der Waals surface area contributed by atoms with Crippen molar-refractivity contribution in [1.29, 1.82) is 0 Å². The summed E-state index contributed by atoms with van der Waals surface area (Å²) in [6.45, 7) is 0.200. The number of aromatic nitrogens is 2. The van der Waals surface area contributed by atoms with Crippen LogP contribution in [0.2, 0.25) is 0 Å². The number of carbonyl (C=O) groups is 4. The van der Waals surface area contributed by atoms with E-state index in [1.54, 1.807) is 36.4 Å². The van der Waals surface area contributed by atoms with Crippen LogP contribution in [0.5, 0.6) is 0 Å². The van der Waals surface area contributed by atoms with Crippen LogP contribution in [0.3, 0.4) is 0 Å². The first-order chi connectivity index (χ1) is 15.7. The Balaban J connectivity index is 1.68. The molecule has 0 unspecified atom stereocenters. The Bertz CT molecular complexity index is 1210. The highest BCUT2D eigenvalue weighted by molar-refractivity contribution is 5.96. The Morgan fingerprint density at radius 3 is 2.09 bits per heavy atom. The maximum absolute atomic E-state index is 12.3. The lowest BCUT2D eigenvalue weighted by molar-refractivity contribution is -0.140. The molecule has 11 nitrogen and oxygen atoms in total. The van der Waals surface area contributed by atoms with E-state index in [-0.39, 0.29) is 30.0 Å². The summed E-state index contributed by atoms with van der Waals surface area (Å²) in [7, 11) is 0. The minimum Gasteiger partial charge on any atom is -0.481 e. The maximum atomic E-state index is 12.3. The van der Waals surface area contributed by atoms with Crippen molar-refractivity contribution >= 4 is 40.7 Å². The molecular weight excluding hydrogens is 432 g/mol. The summed E-state index contributed by atoms with van der Waals surface area (Å²) in [5.74, 6) is -4.25. The minimum absolute atomic E-state index is 0.103. The lowest BCUT2D eigenvalue weighted by Gasteiger charge is -2.14. The van der Waals surface area contributed by atoms with Crippen molar-refractivity contribution in [3.05, 3.63) is 65.4 Å². The summed E-state index contributed by atoms with van der Waals surface area (Å²) in [6, 6.07) is 11.7. The van der Waals surface area contributed by atoms with Crippen LogP contribution in [-0.2, 0) is 16.1 Å². The van der Waals surface area contributed by atoms with Crippen LogP contribution in [0.1, 0.15) is 39.3 Å². The average Bonchev–Trinajstić information content (AvgIpc) is 2.79. The lowest BCUT2D eigenvalue weighted by Crippen LogP contribution is -2.41. The zero-order chi connectivity index (χ0) is 24.0. The van der Waals surface area contributed by atoms with Crippen molar-refractivity contribution in [2.24, 2.45) is 0 Å². The van der Waals surface area contributed by atoms with E-state index in [4.69, 9.17) is 10.2 Å². The maximum Gasteiger partial charge on any atom is 0.358 e. The fourth-order valence-electron chi connectivity index (χ4n) is 3.00. The van der Waals surface area contributed by atoms with E-state index in [1.165, 1.54) is 12.1 Å². The van der Waals surface area contributed by atoms with Crippen molar-refractivity contribution in [3.63, 3.8) is 0 Å². The third kappa shape index (κ3) is 6.00. The molecule has 170 valence electrons. The number of aliphatic carboxylic acids is 2. The third-order valence-corrected chi connectivity index (χ3v) is 4.70. The molecule has 0 radical (unpaired) electrons. The zero-order valence-corrected chi connectivity index (χ0v) is 17.2. The van der Waals surface area contributed by atoms with Gasteiger partial charge in [0.1, 0.15) is 6.04 Å². The van der Waals surface area contributed by atoms with Crippen LogP contribution < -0.4 is 10.6 Å². The van der Waals surface area contributed by atoms with Gasteiger partial charge in [-0.05, 0) is 36.2 Å². The molecule has 0 saturated carbocycles. The average molecular weight is 452 g/mol. The number of hydrogen-bond acceptors (Lipinski definition) is 7. The second kappa shape index (κ2) is 10.2. The molecule has 33 heavy (non-hydrogen) atoms. The largest absolute Gasteiger partial charge is 0.481 e. The third-order valence-electron chi connectivity index (χ3n) is 4.70. The van der Waals surface area contributed by atoms with Crippen molar-refractivity contribution in [2.45, 2.75) is 25.4 Å². The lowest BCUT2D eigenvalue weighted by atomic mass is 10.1. The van der Waals surface area contributed by atoms with Crippen LogP contribution >= 0.6 is 0 Å². The number of amides is 1. The van der Waals surface area contributed by atoms with Crippen LogP contribution in [0.25, 0.3) is 11.0 Å². The number of carboxylic acid groups (broad SMARTS) is 3. The van der Waals surface area contributed by atoms with Crippen LogP contribution in [0.15, 0.2) is 48.5 Å². The van der Waals surface area contributed by atoms with Crippen molar-refractivity contribution < 1.29 is 34.5 Å². The number of benzene rings is 2. The van der Waals surface area contributed by atoms with E-state index >= 15 is 0 Å². The Kier molecular flexibility index (Phi) is 7.13. The van der Waals surface area contributed by atoms with Gasteiger partial charge >= 0.3 is 17.9 Å². The SMILES string of the molecule is O=C(O)CC[C@H](NC(=O)c1ccc(CNc2nc3ccccc3nc2C(=O)O)cc1)C(=O)O. The molecule has 0 saturated heterocycles. The molecule has 5 N–H and O–H groups in total. The quantitative estimate of drug-likeness (QED) is 0.305. The van der Waals surface area contributed by atoms with Gasteiger partial charge in [-0.2, -0.15) is 0 Å². The molecule has 0 fully saturated rings. The summed E-state index contributed by atoms with van der Waals surface area (Å²) in [5.41, 5.74) is 1.67. The van der Waals surface area contributed by atoms with Gasteiger partial charge in [0.05, 0.1) is 11.0 Å². The summed E-state index contributed by atoms with van der Waals surface area (Å²) in [6.07, 6.45) is -0.630. The number of carbonyl (C=O) groups excluding carboxylic acids is 1. The predicted octanol–water partition coefficient (Wildman–Crippen LogP) is 1.99. The number of nitrogens with one attached hydrogen (secondary N) is 2. The molecule has 0 aliphatic heterocycles. The van der Waals surface area contributed by atoms with E-state index in [2.05, 4.69) is 20.6 Å². The molecular formula is C22H20N4O7. The highest BCUT2D eigenvalue weighted by atomic mass is 16.4. The Labute approximate surface area is 187 Å². The Morgan fingerprint density at radius 1 is 0.879 bits per heavy atom. The molecule has 11 heteroatoms. The van der Waals surface area contributed by atoms with Crippen LogP contribution in [0, 0.1) is 0 Å². The van der Waals surface area contributed by atoms with E-state index in [9.17, 15) is 24.3 Å². The second-order valence-corrected chi connectivity index (χ2v) is 7.06. The van der Waals surface area contributed by atoms with Crippen molar-refractivity contribution in [2.75, 3.05) is 5.32 Å². The second-order valence-electron chi connectivity index (χ2n) is 7.06. The highest BCUT2D eigenvalue weighted by Crippen LogP contribution is 2.18. The molecule has 0 aliphatic carbocycles. The molecule has 1 aromatic heterocycles. The van der Waals surface area contributed by atoms with Gasteiger partial charge in [0.15, 0.2) is 11.5 Å². The van der Waals surface area contributed by atoms with Gasteiger partial charge < -0.3 is 26.0 Å². The van der Waals surface area contributed by atoms with Gasteiger partial charge in [-0.3, -0.25) is 9.59 Å². The van der Waals surface area contributed by atoms with Gasteiger partial charge in [-0.25, -0.2) is 19.6 Å². The van der Waals surface area contributed by atoms with E-state index in [0.29, 0.717) is 16.6 Å². The Morgan fingerprint density at radius 2 is 1.52 bits per heavy atom. The number of para-hydroxylation sites is 2. The van der Waals surface area contributed by atoms with Gasteiger partial charge in [0.2, 0.25) is 0 Å². The van der Waals surface area contributed by atoms with E-state index < -0.39 is 36.3 Å². The smallest absolute Gasteiger partial charge is 0.358 e. The van der Waals surface area contributed by atoms with E-state index in [0.717, 1.165) is 0 Å². The van der Waals surface area contributed by atoms with Crippen LogP contribution in [0.4, 0.5) is 5.82 Å². The first kappa shape index (κ1) is 23.1. The zero-order valence-electron chi connectivity index (χ0n) is 17.2. The van der Waals surface area contributed by atoms with Crippen molar-refractivity contribution in [1.82, 2.24) is 15.3 Å². The molecule has 0 spiro atoms. The molecule has 2 aromatic carbocycles. The van der Waals surface area contributed by atoms with Gasteiger partial charge in [0, 0.05) is 18.5 Å². The molecule has 0 aliphatic rings. The number of nitrogens with zero attached hydrogens (tertiary/aromatic N) is 2. The number of fused-ring (bicyclic) bond motifs is 1. The predicted molar refractivity (Wildman–Crippen MR) is 116 cm³/mol. The molecule has 1 heterocycles. The van der Waals surface area contributed by atoms with E-state index in [1.807, 2.05) is 0 Å². The normalized spacial score (nSPS) is 11.5. The first-order valence-corrected chi connectivity index (χ1v) is 9.83. The van der Waals surface area contributed by atoms with Gasteiger partial charge in [-0.1, -0.05) is 24.3 Å². The summed E-state index contributed by atoms with van der Waals surface area (Å²) >= 11 is 0. The summed E-state index contributed by atoms with van der Waals surface area (Å²) < 4.78 is 0. The van der Waals surface area contributed by atoms with Crippen molar-refractivity contribution in [3.8, 4) is 0 Å². The highest BCUT2D eigenvalue weighted by Gasteiger charge is 2.21. The molecule has 0 bridgehead atoms. The number of anilines is 1. The standard InChI is InChI=1S/C22H20N4O7/c27-17(28)10-9-16(21(30)31)26-20(29)13-7-5-12(6-8-13)11-23-19-18(22(32)33)24-14-3-1-2-4-15(14)25-19/h1-8,16H,9-11H2,(H,23,25)(H,26,29)(H,27,28)(H,30,31)(H,32,33)/t16-/m0/s1. The number of aromatic carboxylic acids is 1. The fourth-order valence-corrected chi connectivity index (χ4v) is 3.00. The fraction of sp³-hybridized carbons (Fsp3) is 0.182. The van der Waals surface area contributed by atoms with Gasteiger partial charge in [-0.15, -0.1) is 0 Å². The Hall–Kier alpha value is -4.54. The summed E-state index contributed by atoms with van der Waals surface area (Å²) in [5, 5.41) is 32.5. The minimum atomic E-state index is -1.32. The number of rotatable bonds is 10. The summed E-state index contributed by atoms with van der Waals surface area (Å²) in [4.78, 5) is 54.2. The number of carboxylic acids is 3. The topological polar surface area (TPSA) is 179 Å². The molecule has 1 atom stereocenters. The monoisotopic (exact) mass is 452 g/mol. The van der Waals surface area contributed by atoms with Gasteiger partial charge in [0.25, 0.3) is 5.91 Å². The molecule has 3 rings (SSSR count). The number of hydrogen-bond donors (Lipinski definition) is 5.